The van der Waals surface area contributed by atoms with E-state index in [2.05, 4.69) is 46.8 Å². The molecule has 0 aliphatic carbocycles. The van der Waals surface area contributed by atoms with Gasteiger partial charge in [0.1, 0.15) is 0 Å². The topological polar surface area (TPSA) is 12.9 Å². The van der Waals surface area contributed by atoms with Crippen LogP contribution in [0.1, 0.15) is 70.6 Å². The predicted molar refractivity (Wildman–Crippen MR) is 98.2 cm³/mol. The quantitative estimate of drug-likeness (QED) is 0.459. The van der Waals surface area contributed by atoms with E-state index in [1.807, 2.05) is 0 Å². The summed E-state index contributed by atoms with van der Waals surface area (Å²) in [6.45, 7) is 11.4. The van der Waals surface area contributed by atoms with E-state index in [0.29, 0.717) is 0 Å². The van der Waals surface area contributed by atoms with Crippen molar-refractivity contribution in [3.63, 3.8) is 0 Å². The molecule has 0 amide bonds. The molecule has 0 saturated heterocycles. The van der Waals surface area contributed by atoms with E-state index in [1.165, 1.54) is 63.1 Å². The zero-order valence-electron chi connectivity index (χ0n) is 15.0. The fraction of sp³-hybridized carbons (Fsp3) is 0.737. The van der Waals surface area contributed by atoms with Crippen molar-refractivity contribution in [2.24, 2.45) is 0 Å². The first-order valence-electron chi connectivity index (χ1n) is 9.03. The molecule has 0 atom stereocenters. The fourth-order valence-electron chi connectivity index (χ4n) is 3.42. The van der Waals surface area contributed by atoms with E-state index < -0.39 is 18.4 Å². The van der Waals surface area contributed by atoms with Crippen LogP contribution in [0.5, 0.6) is 0 Å². The summed E-state index contributed by atoms with van der Waals surface area (Å²) in [5.41, 5.74) is 2.65. The van der Waals surface area contributed by atoms with Crippen molar-refractivity contribution in [2.75, 3.05) is 0 Å². The van der Waals surface area contributed by atoms with E-state index in [4.69, 9.17) is 4.98 Å². The molecular weight excluding hydrogens is 361 g/mol. The summed E-state index contributed by atoms with van der Waals surface area (Å²) in [4.78, 5) is 5.06. The second kappa shape index (κ2) is 9.86. The van der Waals surface area contributed by atoms with Crippen LogP contribution in [0.3, 0.4) is 0 Å². The molecule has 1 nitrogen and oxygen atoms in total. The number of hydrogen-bond acceptors (Lipinski definition) is 1. The molecule has 0 saturated carbocycles. The molecule has 0 bridgehead atoms. The summed E-state index contributed by atoms with van der Waals surface area (Å²) in [5, 5.41) is 0. The molecule has 0 N–H and O–H groups in total. The normalized spacial score (nSPS) is 11.9. The Morgan fingerprint density at radius 2 is 1.29 bits per heavy atom. The van der Waals surface area contributed by atoms with Crippen molar-refractivity contribution in [3.8, 4) is 0 Å². The Morgan fingerprint density at radius 1 is 0.810 bits per heavy atom. The van der Waals surface area contributed by atoms with Gasteiger partial charge in [-0.3, -0.25) is 0 Å². The summed E-state index contributed by atoms with van der Waals surface area (Å²) in [5.74, 6) is 0. The average molecular weight is 396 g/mol. The van der Waals surface area contributed by atoms with Crippen LogP contribution in [-0.2, 0) is 0 Å². The maximum absolute atomic E-state index is 5.06. The Hall–Kier alpha value is -0.0513. The number of aromatic nitrogens is 1. The monoisotopic (exact) mass is 397 g/mol. The Morgan fingerprint density at radius 3 is 1.67 bits per heavy atom. The van der Waals surface area contributed by atoms with Gasteiger partial charge in [-0.05, 0) is 0 Å². The zero-order chi connectivity index (χ0) is 15.7. The molecule has 0 unspecified atom stereocenters. The molecule has 0 spiro atoms. The molecule has 2 heteroatoms. The first-order chi connectivity index (χ1) is 10.1. The van der Waals surface area contributed by atoms with Gasteiger partial charge in [0.2, 0.25) is 0 Å². The number of hydrogen-bond donors (Lipinski definition) is 0. The number of unbranched alkanes of at least 4 members (excludes halogenated alkanes) is 3. The number of aryl methyl sites for hydroxylation is 2. The second-order valence-electron chi connectivity index (χ2n) is 6.76. The number of nitrogens with zero attached hydrogens (tertiary/aromatic N) is 1. The van der Waals surface area contributed by atoms with Gasteiger partial charge >= 0.3 is 137 Å². The Bertz CT molecular complexity index is 372. The first kappa shape index (κ1) is 19.0. The van der Waals surface area contributed by atoms with E-state index in [1.54, 1.807) is 3.71 Å². The third-order valence-corrected chi connectivity index (χ3v) is 19.7. The Kier molecular flexibility index (Phi) is 8.92. The van der Waals surface area contributed by atoms with E-state index in [-0.39, 0.29) is 0 Å². The second-order valence-corrected chi connectivity index (χ2v) is 19.8. The fourth-order valence-corrected chi connectivity index (χ4v) is 19.3. The number of rotatable bonds is 10. The van der Waals surface area contributed by atoms with Gasteiger partial charge in [-0.25, -0.2) is 0 Å². The van der Waals surface area contributed by atoms with Gasteiger partial charge in [-0.2, -0.15) is 0 Å². The van der Waals surface area contributed by atoms with Crippen LogP contribution in [0.2, 0.25) is 13.3 Å². The molecule has 1 aromatic rings. The van der Waals surface area contributed by atoms with Crippen molar-refractivity contribution in [2.45, 2.75) is 86.5 Å². The third kappa shape index (κ3) is 5.92. The van der Waals surface area contributed by atoms with Gasteiger partial charge in [0.05, 0.1) is 0 Å². The van der Waals surface area contributed by atoms with Gasteiger partial charge in [0.25, 0.3) is 0 Å². The van der Waals surface area contributed by atoms with Crippen LogP contribution >= 0.6 is 0 Å². The summed E-state index contributed by atoms with van der Waals surface area (Å²) in [6, 6.07) is 4.68. The molecular formula is C19H35NSn. The molecule has 1 heterocycles. The molecule has 0 aliphatic rings. The van der Waals surface area contributed by atoms with Crippen LogP contribution < -0.4 is 3.71 Å². The van der Waals surface area contributed by atoms with Gasteiger partial charge in [0, 0.05) is 0 Å². The Labute approximate surface area is 136 Å². The van der Waals surface area contributed by atoms with Crippen molar-refractivity contribution in [1.29, 1.82) is 0 Å². The van der Waals surface area contributed by atoms with Crippen molar-refractivity contribution in [3.05, 3.63) is 23.4 Å². The van der Waals surface area contributed by atoms with E-state index in [9.17, 15) is 0 Å². The van der Waals surface area contributed by atoms with Crippen molar-refractivity contribution >= 4 is 22.1 Å². The van der Waals surface area contributed by atoms with E-state index in [0.717, 1.165) is 0 Å². The van der Waals surface area contributed by atoms with Crippen LogP contribution in [0.4, 0.5) is 0 Å². The van der Waals surface area contributed by atoms with Crippen LogP contribution in [-0.4, -0.2) is 23.4 Å². The minimum atomic E-state index is -2.29. The minimum absolute atomic E-state index is 1.23. The van der Waals surface area contributed by atoms with Gasteiger partial charge in [0.15, 0.2) is 0 Å². The average Bonchev–Trinajstić information content (AvgIpc) is 2.46. The predicted octanol–water partition coefficient (Wildman–Crippen LogP) is 5.75. The van der Waals surface area contributed by atoms with Crippen LogP contribution in [0.25, 0.3) is 0 Å². The van der Waals surface area contributed by atoms with Crippen LogP contribution in [0, 0.1) is 13.8 Å². The number of pyridine rings is 1. The van der Waals surface area contributed by atoms with Crippen molar-refractivity contribution < 1.29 is 0 Å². The summed E-state index contributed by atoms with van der Waals surface area (Å²) in [7, 11) is 0. The molecule has 0 aromatic carbocycles. The molecule has 0 aliphatic heterocycles. The third-order valence-electron chi connectivity index (χ3n) is 4.67. The summed E-state index contributed by atoms with van der Waals surface area (Å²) < 4.78 is 6.13. The molecule has 120 valence electrons. The SMILES string of the molecule is CCC[CH2][Sn]([CH2]CCC)([CH2]CCC)[c]1cc(C)cc(C)n1. The Balaban J connectivity index is 3.15. The molecule has 0 fully saturated rings. The standard InChI is InChI=1S/C7H8N.3C4H9.Sn/c1-6-3-4-8-7(2)5-6;3*1-3-4-2;/h3,5H,1-2H3;3*1,3-4H2,2H3;. The molecule has 21 heavy (non-hydrogen) atoms. The van der Waals surface area contributed by atoms with Gasteiger partial charge in [-0.15, -0.1) is 0 Å². The summed E-state index contributed by atoms with van der Waals surface area (Å²) >= 11 is -2.29. The molecule has 1 aromatic heterocycles. The van der Waals surface area contributed by atoms with E-state index >= 15 is 0 Å². The maximum atomic E-state index is 5.06. The first-order valence-corrected chi connectivity index (χ1v) is 16.5. The zero-order valence-corrected chi connectivity index (χ0v) is 17.8. The van der Waals surface area contributed by atoms with Gasteiger partial charge < -0.3 is 0 Å². The molecule has 1 rings (SSSR count). The van der Waals surface area contributed by atoms with Crippen molar-refractivity contribution in [1.82, 2.24) is 4.98 Å². The van der Waals surface area contributed by atoms with Crippen LogP contribution in [0.15, 0.2) is 12.1 Å². The summed E-state index contributed by atoms with van der Waals surface area (Å²) in [6.07, 6.45) is 8.25. The van der Waals surface area contributed by atoms with Gasteiger partial charge in [-0.1, -0.05) is 0 Å². The molecule has 0 radical (unpaired) electrons.